The van der Waals surface area contributed by atoms with Crippen molar-refractivity contribution in [2.75, 3.05) is 5.32 Å². The maximum atomic E-state index is 4.46. The van der Waals surface area contributed by atoms with E-state index in [1.807, 2.05) is 48.5 Å². The number of thiol groups is 1. The van der Waals surface area contributed by atoms with Gasteiger partial charge in [0, 0.05) is 11.9 Å². The van der Waals surface area contributed by atoms with Gasteiger partial charge in [-0.25, -0.2) is 0 Å². The van der Waals surface area contributed by atoms with Crippen LogP contribution in [0.25, 0.3) is 0 Å². The van der Waals surface area contributed by atoms with Crippen molar-refractivity contribution in [3.05, 3.63) is 60.4 Å². The quantitative estimate of drug-likeness (QED) is 0.608. The van der Waals surface area contributed by atoms with Gasteiger partial charge in [-0.3, -0.25) is 4.98 Å². The Morgan fingerprint density at radius 2 is 1.73 bits per heavy atom. The summed E-state index contributed by atoms with van der Waals surface area (Å²) >= 11 is 4.46. The Bertz CT molecular complexity index is 402. The van der Waals surface area contributed by atoms with Crippen molar-refractivity contribution in [2.24, 2.45) is 0 Å². The summed E-state index contributed by atoms with van der Waals surface area (Å²) in [6.07, 6.45) is 1.77. The van der Waals surface area contributed by atoms with E-state index >= 15 is 0 Å². The fourth-order valence-electron chi connectivity index (χ4n) is 1.30. The highest BCUT2D eigenvalue weighted by atomic mass is 32.1. The van der Waals surface area contributed by atoms with Crippen LogP contribution in [0, 0.1) is 0 Å². The zero-order valence-electron chi connectivity index (χ0n) is 8.17. The summed E-state index contributed by atoms with van der Waals surface area (Å²) in [7, 11) is 0. The van der Waals surface area contributed by atoms with Crippen molar-refractivity contribution in [3.8, 4) is 0 Å². The summed E-state index contributed by atoms with van der Waals surface area (Å²) in [6, 6.07) is 15.8. The maximum Gasteiger partial charge on any atom is 0.112 e. The number of rotatable bonds is 3. The molecule has 1 unspecified atom stereocenters. The van der Waals surface area contributed by atoms with Crippen LogP contribution < -0.4 is 5.32 Å². The minimum atomic E-state index is -0.0754. The molecular weight excluding hydrogens is 204 g/mol. The summed E-state index contributed by atoms with van der Waals surface area (Å²) < 4.78 is 0. The van der Waals surface area contributed by atoms with Gasteiger partial charge in [0.05, 0.1) is 5.69 Å². The zero-order valence-corrected chi connectivity index (χ0v) is 9.06. The van der Waals surface area contributed by atoms with Crippen LogP contribution in [0.5, 0.6) is 0 Å². The normalized spacial score (nSPS) is 12.1. The third-order valence-corrected chi connectivity index (χ3v) is 2.44. The van der Waals surface area contributed by atoms with Gasteiger partial charge < -0.3 is 5.32 Å². The molecule has 0 bridgehead atoms. The first-order valence-corrected chi connectivity index (χ1v) is 5.28. The van der Waals surface area contributed by atoms with Gasteiger partial charge in [0.15, 0.2) is 0 Å². The molecule has 1 atom stereocenters. The van der Waals surface area contributed by atoms with Gasteiger partial charge in [0.25, 0.3) is 0 Å². The SMILES string of the molecule is SC(Nc1ccccc1)c1ccccn1. The van der Waals surface area contributed by atoms with Crippen LogP contribution >= 0.6 is 12.6 Å². The van der Waals surface area contributed by atoms with Gasteiger partial charge in [-0.05, 0) is 24.3 Å². The van der Waals surface area contributed by atoms with Gasteiger partial charge in [0.2, 0.25) is 0 Å². The van der Waals surface area contributed by atoms with Crippen LogP contribution in [-0.2, 0) is 0 Å². The number of pyridine rings is 1. The Morgan fingerprint density at radius 3 is 2.40 bits per heavy atom. The molecule has 0 aliphatic heterocycles. The second-order valence-corrected chi connectivity index (χ2v) is 3.68. The predicted molar refractivity (Wildman–Crippen MR) is 66.0 cm³/mol. The molecule has 0 saturated heterocycles. The van der Waals surface area contributed by atoms with Gasteiger partial charge in [-0.15, -0.1) is 12.6 Å². The molecule has 0 saturated carbocycles. The average Bonchev–Trinajstić information content (AvgIpc) is 2.31. The molecule has 1 aromatic carbocycles. The van der Waals surface area contributed by atoms with Crippen LogP contribution in [0.1, 0.15) is 11.1 Å². The molecule has 1 N–H and O–H groups in total. The number of para-hydroxylation sites is 1. The Labute approximate surface area is 94.8 Å². The summed E-state index contributed by atoms with van der Waals surface area (Å²) in [5.74, 6) is 0. The molecule has 2 aromatic rings. The Hall–Kier alpha value is -1.48. The van der Waals surface area contributed by atoms with Gasteiger partial charge in [0.1, 0.15) is 5.37 Å². The van der Waals surface area contributed by atoms with Crippen molar-refractivity contribution in [2.45, 2.75) is 5.37 Å². The van der Waals surface area contributed by atoms with E-state index in [4.69, 9.17) is 0 Å². The van der Waals surface area contributed by atoms with E-state index in [9.17, 15) is 0 Å². The monoisotopic (exact) mass is 216 g/mol. The molecule has 0 fully saturated rings. The smallest absolute Gasteiger partial charge is 0.112 e. The van der Waals surface area contributed by atoms with E-state index in [0.717, 1.165) is 11.4 Å². The molecule has 0 aliphatic carbocycles. The highest BCUT2D eigenvalue weighted by molar-refractivity contribution is 7.80. The second-order valence-electron chi connectivity index (χ2n) is 3.17. The lowest BCUT2D eigenvalue weighted by Crippen LogP contribution is -2.05. The van der Waals surface area contributed by atoms with Crippen molar-refractivity contribution in [1.29, 1.82) is 0 Å². The Morgan fingerprint density at radius 1 is 1.00 bits per heavy atom. The van der Waals surface area contributed by atoms with Crippen LogP contribution in [0.3, 0.4) is 0 Å². The number of nitrogens with zero attached hydrogens (tertiary/aromatic N) is 1. The predicted octanol–water partition coefficient (Wildman–Crippen LogP) is 3.12. The lowest BCUT2D eigenvalue weighted by molar-refractivity contribution is 1.03. The zero-order chi connectivity index (χ0) is 10.5. The van der Waals surface area contributed by atoms with Gasteiger partial charge >= 0.3 is 0 Å². The lowest BCUT2D eigenvalue weighted by Gasteiger charge is -2.13. The molecule has 0 spiro atoms. The number of anilines is 1. The number of hydrogen-bond acceptors (Lipinski definition) is 3. The highest BCUT2D eigenvalue weighted by Crippen LogP contribution is 2.20. The first-order chi connectivity index (χ1) is 7.36. The van der Waals surface area contributed by atoms with Crippen molar-refractivity contribution in [1.82, 2.24) is 4.98 Å². The summed E-state index contributed by atoms with van der Waals surface area (Å²) in [5, 5.41) is 3.18. The second kappa shape index (κ2) is 4.84. The van der Waals surface area contributed by atoms with Crippen LogP contribution in [0.15, 0.2) is 54.7 Å². The number of aromatic nitrogens is 1. The Kier molecular flexibility index (Phi) is 3.25. The third-order valence-electron chi connectivity index (χ3n) is 2.05. The third kappa shape index (κ3) is 2.73. The van der Waals surface area contributed by atoms with Crippen molar-refractivity contribution < 1.29 is 0 Å². The molecule has 0 aliphatic rings. The number of hydrogen-bond donors (Lipinski definition) is 2. The molecule has 2 rings (SSSR count). The fraction of sp³-hybridized carbons (Fsp3) is 0.0833. The lowest BCUT2D eigenvalue weighted by atomic mass is 10.3. The molecule has 0 amide bonds. The summed E-state index contributed by atoms with van der Waals surface area (Å²) in [6.45, 7) is 0. The minimum absolute atomic E-state index is 0.0754. The Balaban J connectivity index is 2.08. The van der Waals surface area contributed by atoms with Crippen molar-refractivity contribution in [3.63, 3.8) is 0 Å². The van der Waals surface area contributed by atoms with Crippen LogP contribution in [-0.4, -0.2) is 4.98 Å². The molecule has 1 aromatic heterocycles. The van der Waals surface area contributed by atoms with Gasteiger partial charge in [-0.2, -0.15) is 0 Å². The maximum absolute atomic E-state index is 4.46. The van der Waals surface area contributed by atoms with Crippen LogP contribution in [0.2, 0.25) is 0 Å². The van der Waals surface area contributed by atoms with E-state index < -0.39 is 0 Å². The standard InChI is InChI=1S/C12H12N2S/c15-12(11-8-4-5-9-13-11)14-10-6-2-1-3-7-10/h1-9,12,14-15H. The highest BCUT2D eigenvalue weighted by Gasteiger charge is 2.05. The first-order valence-electron chi connectivity index (χ1n) is 4.77. The topological polar surface area (TPSA) is 24.9 Å². The number of nitrogens with one attached hydrogen (secondary N) is 1. The van der Waals surface area contributed by atoms with E-state index in [0.29, 0.717) is 0 Å². The average molecular weight is 216 g/mol. The van der Waals surface area contributed by atoms with E-state index in [2.05, 4.69) is 22.9 Å². The molecular formula is C12H12N2S. The van der Waals surface area contributed by atoms with E-state index in [-0.39, 0.29) is 5.37 Å². The summed E-state index contributed by atoms with van der Waals surface area (Å²) in [5.41, 5.74) is 1.97. The van der Waals surface area contributed by atoms with Crippen molar-refractivity contribution >= 4 is 18.3 Å². The largest absolute Gasteiger partial charge is 0.368 e. The van der Waals surface area contributed by atoms with Crippen LogP contribution in [0.4, 0.5) is 5.69 Å². The number of benzene rings is 1. The van der Waals surface area contributed by atoms with E-state index in [1.54, 1.807) is 6.20 Å². The fourth-order valence-corrected chi connectivity index (χ4v) is 1.61. The summed E-state index contributed by atoms with van der Waals surface area (Å²) in [4.78, 5) is 4.24. The first kappa shape index (κ1) is 10.1. The molecule has 76 valence electrons. The molecule has 15 heavy (non-hydrogen) atoms. The van der Waals surface area contributed by atoms with E-state index in [1.165, 1.54) is 0 Å². The molecule has 2 nitrogen and oxygen atoms in total. The molecule has 1 heterocycles. The molecule has 3 heteroatoms. The van der Waals surface area contributed by atoms with Gasteiger partial charge in [-0.1, -0.05) is 24.3 Å². The minimum Gasteiger partial charge on any atom is -0.368 e. The molecule has 0 radical (unpaired) electrons.